The van der Waals surface area contributed by atoms with E-state index < -0.39 is 0 Å². The van der Waals surface area contributed by atoms with Crippen LogP contribution in [-0.2, 0) is 13.0 Å². The van der Waals surface area contributed by atoms with Crippen molar-refractivity contribution in [3.8, 4) is 23.8 Å². The standard InChI is InChI=1S/C15H19NO2/c1-5-10(2)16-9-13-8-15-12(6-11(3)18-15)7-14(13)17-4/h1,7-8,10-11,16H,6,9H2,2-4H3. The molecular formula is C15H19NO2. The topological polar surface area (TPSA) is 30.5 Å². The first kappa shape index (κ1) is 12.8. The first-order valence-corrected chi connectivity index (χ1v) is 6.20. The minimum absolute atomic E-state index is 0.0443. The Morgan fingerprint density at radius 2 is 2.39 bits per heavy atom. The van der Waals surface area contributed by atoms with Crippen LogP contribution in [0.15, 0.2) is 12.1 Å². The van der Waals surface area contributed by atoms with Crippen molar-refractivity contribution in [3.63, 3.8) is 0 Å². The molecule has 2 rings (SSSR count). The van der Waals surface area contributed by atoms with Crippen LogP contribution in [-0.4, -0.2) is 19.3 Å². The van der Waals surface area contributed by atoms with Crippen molar-refractivity contribution in [3.05, 3.63) is 23.3 Å². The monoisotopic (exact) mass is 245 g/mol. The molecule has 18 heavy (non-hydrogen) atoms. The smallest absolute Gasteiger partial charge is 0.123 e. The van der Waals surface area contributed by atoms with E-state index in [4.69, 9.17) is 15.9 Å². The Kier molecular flexibility index (Phi) is 3.78. The summed E-state index contributed by atoms with van der Waals surface area (Å²) in [6.07, 6.45) is 6.54. The summed E-state index contributed by atoms with van der Waals surface area (Å²) in [6.45, 7) is 4.71. The maximum atomic E-state index is 5.76. The highest BCUT2D eigenvalue weighted by molar-refractivity contribution is 5.48. The number of methoxy groups -OCH3 is 1. The minimum atomic E-state index is 0.0443. The van der Waals surface area contributed by atoms with E-state index in [0.717, 1.165) is 23.5 Å². The van der Waals surface area contributed by atoms with Crippen molar-refractivity contribution in [2.24, 2.45) is 0 Å². The highest BCUT2D eigenvalue weighted by Crippen LogP contribution is 2.34. The predicted octanol–water partition coefficient (Wildman–Crippen LogP) is 2.13. The fourth-order valence-corrected chi connectivity index (χ4v) is 2.13. The summed E-state index contributed by atoms with van der Waals surface area (Å²) in [4.78, 5) is 0. The van der Waals surface area contributed by atoms with Crippen molar-refractivity contribution < 1.29 is 9.47 Å². The highest BCUT2D eigenvalue weighted by atomic mass is 16.5. The van der Waals surface area contributed by atoms with E-state index in [0.29, 0.717) is 6.54 Å². The third-order valence-corrected chi connectivity index (χ3v) is 3.15. The van der Waals surface area contributed by atoms with Gasteiger partial charge < -0.3 is 9.47 Å². The van der Waals surface area contributed by atoms with E-state index in [2.05, 4.69) is 24.2 Å². The summed E-state index contributed by atoms with van der Waals surface area (Å²) >= 11 is 0. The van der Waals surface area contributed by atoms with Gasteiger partial charge in [0.25, 0.3) is 0 Å². The highest BCUT2D eigenvalue weighted by Gasteiger charge is 2.21. The molecule has 0 fully saturated rings. The zero-order chi connectivity index (χ0) is 13.1. The van der Waals surface area contributed by atoms with E-state index in [1.807, 2.05) is 13.0 Å². The maximum Gasteiger partial charge on any atom is 0.123 e. The van der Waals surface area contributed by atoms with Gasteiger partial charge in [0.1, 0.15) is 17.6 Å². The molecule has 0 saturated heterocycles. The quantitative estimate of drug-likeness (QED) is 0.824. The fourth-order valence-electron chi connectivity index (χ4n) is 2.13. The van der Waals surface area contributed by atoms with Gasteiger partial charge in [0, 0.05) is 24.1 Å². The molecule has 1 N–H and O–H groups in total. The molecule has 0 spiro atoms. The first-order chi connectivity index (χ1) is 8.63. The molecule has 1 aromatic carbocycles. The Balaban J connectivity index is 2.20. The molecule has 0 radical (unpaired) electrons. The fraction of sp³-hybridized carbons (Fsp3) is 0.467. The van der Waals surface area contributed by atoms with Gasteiger partial charge in [-0.2, -0.15) is 0 Å². The number of fused-ring (bicyclic) bond motifs is 1. The Morgan fingerprint density at radius 3 is 3.06 bits per heavy atom. The predicted molar refractivity (Wildman–Crippen MR) is 71.9 cm³/mol. The zero-order valence-electron chi connectivity index (χ0n) is 11.1. The molecule has 0 aromatic heterocycles. The van der Waals surface area contributed by atoms with Crippen LogP contribution < -0.4 is 14.8 Å². The number of hydrogen-bond donors (Lipinski definition) is 1. The molecular weight excluding hydrogens is 226 g/mol. The molecule has 0 saturated carbocycles. The Bertz CT molecular complexity index is 476. The summed E-state index contributed by atoms with van der Waals surface area (Å²) in [7, 11) is 1.69. The largest absolute Gasteiger partial charge is 0.496 e. The molecule has 1 aromatic rings. The van der Waals surface area contributed by atoms with Crippen molar-refractivity contribution in [2.45, 2.75) is 39.0 Å². The summed E-state index contributed by atoms with van der Waals surface area (Å²) in [5.41, 5.74) is 2.29. The van der Waals surface area contributed by atoms with E-state index in [-0.39, 0.29) is 12.1 Å². The zero-order valence-corrected chi connectivity index (χ0v) is 11.1. The molecule has 2 atom stereocenters. The number of nitrogens with one attached hydrogen (secondary N) is 1. The molecule has 3 heteroatoms. The van der Waals surface area contributed by atoms with Crippen LogP contribution in [0.3, 0.4) is 0 Å². The van der Waals surface area contributed by atoms with Crippen molar-refractivity contribution in [1.29, 1.82) is 0 Å². The summed E-state index contributed by atoms with van der Waals surface area (Å²) in [6, 6.07) is 4.16. The lowest BCUT2D eigenvalue weighted by Gasteiger charge is -2.13. The van der Waals surface area contributed by atoms with Gasteiger partial charge in [-0.25, -0.2) is 0 Å². The van der Waals surface area contributed by atoms with E-state index in [1.54, 1.807) is 7.11 Å². The third-order valence-electron chi connectivity index (χ3n) is 3.15. The number of hydrogen-bond acceptors (Lipinski definition) is 3. The average molecular weight is 245 g/mol. The van der Waals surface area contributed by atoms with Crippen LogP contribution in [0.2, 0.25) is 0 Å². The molecule has 96 valence electrons. The lowest BCUT2D eigenvalue weighted by Crippen LogP contribution is -2.23. The minimum Gasteiger partial charge on any atom is -0.496 e. The van der Waals surface area contributed by atoms with Crippen LogP contribution in [0.5, 0.6) is 11.5 Å². The van der Waals surface area contributed by atoms with Crippen LogP contribution in [0.4, 0.5) is 0 Å². The molecule has 0 amide bonds. The molecule has 1 aliphatic heterocycles. The van der Waals surface area contributed by atoms with E-state index >= 15 is 0 Å². The maximum absolute atomic E-state index is 5.76. The van der Waals surface area contributed by atoms with Crippen LogP contribution >= 0.6 is 0 Å². The van der Waals surface area contributed by atoms with Gasteiger partial charge in [0.2, 0.25) is 0 Å². The van der Waals surface area contributed by atoms with Crippen molar-refractivity contribution in [1.82, 2.24) is 5.32 Å². The first-order valence-electron chi connectivity index (χ1n) is 6.20. The summed E-state index contributed by atoms with van der Waals surface area (Å²) in [5, 5.41) is 3.25. The van der Waals surface area contributed by atoms with Gasteiger partial charge >= 0.3 is 0 Å². The van der Waals surface area contributed by atoms with E-state index in [9.17, 15) is 0 Å². The van der Waals surface area contributed by atoms with Crippen LogP contribution in [0.1, 0.15) is 25.0 Å². The second-order valence-corrected chi connectivity index (χ2v) is 4.67. The number of ether oxygens (including phenoxy) is 2. The van der Waals surface area contributed by atoms with Gasteiger partial charge in [-0.1, -0.05) is 5.92 Å². The van der Waals surface area contributed by atoms with Gasteiger partial charge in [0.05, 0.1) is 13.2 Å². The number of terminal acetylenes is 1. The van der Waals surface area contributed by atoms with Gasteiger partial charge in [0.15, 0.2) is 0 Å². The molecule has 1 aliphatic rings. The molecule has 0 bridgehead atoms. The summed E-state index contributed by atoms with van der Waals surface area (Å²) in [5.74, 6) is 4.51. The Hall–Kier alpha value is -1.66. The van der Waals surface area contributed by atoms with Gasteiger partial charge in [-0.05, 0) is 26.0 Å². The second kappa shape index (κ2) is 5.32. The number of rotatable bonds is 4. The summed E-state index contributed by atoms with van der Waals surface area (Å²) < 4.78 is 11.2. The van der Waals surface area contributed by atoms with Crippen molar-refractivity contribution >= 4 is 0 Å². The average Bonchev–Trinajstić information content (AvgIpc) is 2.73. The van der Waals surface area contributed by atoms with Crippen LogP contribution in [0, 0.1) is 12.3 Å². The third kappa shape index (κ3) is 2.60. The van der Waals surface area contributed by atoms with Gasteiger partial charge in [-0.15, -0.1) is 6.42 Å². The molecule has 3 nitrogen and oxygen atoms in total. The normalized spacial score (nSPS) is 18.7. The second-order valence-electron chi connectivity index (χ2n) is 4.67. The SMILES string of the molecule is C#CC(C)NCc1cc2c(cc1OC)CC(C)O2. The molecule has 1 heterocycles. The molecule has 0 aliphatic carbocycles. The Labute approximate surface area is 108 Å². The van der Waals surface area contributed by atoms with E-state index in [1.165, 1.54) is 5.56 Å². The Morgan fingerprint density at radius 1 is 1.61 bits per heavy atom. The van der Waals surface area contributed by atoms with Crippen molar-refractivity contribution in [2.75, 3.05) is 7.11 Å². The molecule has 2 unspecified atom stereocenters. The van der Waals surface area contributed by atoms with Crippen LogP contribution in [0.25, 0.3) is 0 Å². The lowest BCUT2D eigenvalue weighted by molar-refractivity contribution is 0.254. The van der Waals surface area contributed by atoms with Gasteiger partial charge in [-0.3, -0.25) is 5.32 Å². The number of benzene rings is 1. The lowest BCUT2D eigenvalue weighted by atomic mass is 10.1.